The highest BCUT2D eigenvalue weighted by Crippen LogP contribution is 2.41. The Bertz CT molecular complexity index is 1580. The Morgan fingerprint density at radius 3 is 2.35 bits per heavy atom. The van der Waals surface area contributed by atoms with Crippen LogP contribution in [0.1, 0.15) is 72.8 Å². The fourth-order valence-electron chi connectivity index (χ4n) is 6.13. The molecule has 0 fully saturated rings. The van der Waals surface area contributed by atoms with Gasteiger partial charge in [-0.25, -0.2) is 4.68 Å². The van der Waals surface area contributed by atoms with Gasteiger partial charge in [0.1, 0.15) is 11.5 Å². The van der Waals surface area contributed by atoms with Crippen LogP contribution < -0.4 is 15.5 Å². The van der Waals surface area contributed by atoms with Gasteiger partial charge in [-0.2, -0.15) is 0 Å². The van der Waals surface area contributed by atoms with Crippen molar-refractivity contribution in [1.82, 2.24) is 25.6 Å². The summed E-state index contributed by atoms with van der Waals surface area (Å²) in [6, 6.07) is 15.7. The number of carbonyl (C=O) groups excluding carboxylic acids is 3. The number of rotatable bonds is 18. The Morgan fingerprint density at radius 2 is 1.61 bits per heavy atom. The fourth-order valence-corrected chi connectivity index (χ4v) is 6.13. The summed E-state index contributed by atoms with van der Waals surface area (Å²) in [5, 5.41) is 15.1. The molecular formula is C38H54N6O5. The lowest BCUT2D eigenvalue weighted by Gasteiger charge is -2.30. The van der Waals surface area contributed by atoms with Gasteiger partial charge >= 0.3 is 0 Å². The Hall–Kier alpha value is -3.93. The molecule has 2 amide bonds. The Morgan fingerprint density at radius 1 is 0.898 bits per heavy atom. The second kappa shape index (κ2) is 17.1. The first kappa shape index (κ1) is 37.9. The maximum absolute atomic E-state index is 13.9. The second-order valence-corrected chi connectivity index (χ2v) is 14.2. The standard InChI is InChI=1S/C38H54N6O5/c1-27(2)36(47)37(3,4)19-23-49-38(5,6)18-20-40-32(45)16-17-33(46)43-26-28-12-8-9-13-29(28)34-35(30-14-10-11-15-31(30)43)44(42-41-34)22-25-48-24-21-39-7/h8-15,27,39H,16-26H2,1-7H3,(H,40,45). The van der Waals surface area contributed by atoms with E-state index in [1.165, 1.54) is 0 Å². The summed E-state index contributed by atoms with van der Waals surface area (Å²) in [6.07, 6.45) is 1.37. The molecule has 49 heavy (non-hydrogen) atoms. The maximum Gasteiger partial charge on any atom is 0.227 e. The number of ketones is 1. The number of nitrogens with one attached hydrogen (secondary N) is 2. The van der Waals surface area contributed by atoms with Gasteiger partial charge in [0.2, 0.25) is 11.8 Å². The molecule has 11 nitrogen and oxygen atoms in total. The summed E-state index contributed by atoms with van der Waals surface area (Å²) < 4.78 is 13.8. The van der Waals surface area contributed by atoms with E-state index in [4.69, 9.17) is 9.47 Å². The summed E-state index contributed by atoms with van der Waals surface area (Å²) >= 11 is 0. The molecule has 1 aliphatic heterocycles. The zero-order valence-electron chi connectivity index (χ0n) is 30.3. The lowest BCUT2D eigenvalue weighted by molar-refractivity contribution is -0.132. The first-order chi connectivity index (χ1) is 23.3. The Labute approximate surface area is 291 Å². The third-order valence-electron chi connectivity index (χ3n) is 9.06. The molecule has 0 saturated heterocycles. The lowest BCUT2D eigenvalue weighted by atomic mass is 9.80. The Kier molecular flexibility index (Phi) is 13.2. The number of benzene rings is 2. The molecule has 0 bridgehead atoms. The molecule has 0 radical (unpaired) electrons. The molecule has 0 spiro atoms. The minimum absolute atomic E-state index is 0.0157. The monoisotopic (exact) mass is 674 g/mol. The van der Waals surface area contributed by atoms with Crippen LogP contribution >= 0.6 is 0 Å². The summed E-state index contributed by atoms with van der Waals surface area (Å²) in [5.41, 5.74) is 4.16. The maximum atomic E-state index is 13.9. The molecule has 1 aromatic heterocycles. The van der Waals surface area contributed by atoms with E-state index in [1.807, 2.05) is 102 Å². The van der Waals surface area contributed by atoms with Gasteiger partial charge in [-0.15, -0.1) is 5.10 Å². The minimum atomic E-state index is -0.471. The van der Waals surface area contributed by atoms with Gasteiger partial charge in [0.15, 0.2) is 0 Å². The van der Waals surface area contributed by atoms with Crippen LogP contribution in [0.15, 0.2) is 48.5 Å². The Balaban J connectivity index is 1.39. The first-order valence-corrected chi connectivity index (χ1v) is 17.4. The third-order valence-corrected chi connectivity index (χ3v) is 9.06. The highest BCUT2D eigenvalue weighted by molar-refractivity contribution is 6.01. The first-order valence-electron chi connectivity index (χ1n) is 17.4. The number of aromatic nitrogens is 3. The molecule has 0 atom stereocenters. The molecule has 11 heteroatoms. The second-order valence-electron chi connectivity index (χ2n) is 14.2. The number of nitrogens with zero attached hydrogens (tertiary/aromatic N) is 4. The van der Waals surface area contributed by atoms with Crippen LogP contribution in [-0.2, 0) is 36.9 Å². The number of likely N-dealkylation sites (N-methyl/N-ethyl adjacent to an activating group) is 1. The van der Waals surface area contributed by atoms with E-state index in [-0.39, 0.29) is 36.4 Å². The summed E-state index contributed by atoms with van der Waals surface area (Å²) in [7, 11) is 1.89. The number of ether oxygens (including phenoxy) is 2. The predicted molar refractivity (Wildman–Crippen MR) is 192 cm³/mol. The molecule has 2 aromatic carbocycles. The number of Topliss-reactive ketones (excluding diaryl/α,β-unsaturated/α-hetero) is 1. The van der Waals surface area contributed by atoms with Crippen molar-refractivity contribution < 1.29 is 23.9 Å². The van der Waals surface area contributed by atoms with Crippen molar-refractivity contribution in [2.45, 2.75) is 85.9 Å². The van der Waals surface area contributed by atoms with Gasteiger partial charge in [0.05, 0.1) is 43.3 Å². The average molecular weight is 675 g/mol. The number of hydrogen-bond acceptors (Lipinski definition) is 8. The summed E-state index contributed by atoms with van der Waals surface area (Å²) in [5.74, 6) is -0.110. The van der Waals surface area contributed by atoms with Crippen LogP contribution in [0.2, 0.25) is 0 Å². The molecule has 3 aromatic rings. The van der Waals surface area contributed by atoms with E-state index in [1.54, 1.807) is 4.90 Å². The fraction of sp³-hybridized carbons (Fsp3) is 0.553. The number of amides is 2. The zero-order chi connectivity index (χ0) is 35.6. The van der Waals surface area contributed by atoms with Gasteiger partial charge in [0.25, 0.3) is 0 Å². The molecule has 2 heterocycles. The highest BCUT2D eigenvalue weighted by atomic mass is 16.5. The van der Waals surface area contributed by atoms with Crippen molar-refractivity contribution in [3.8, 4) is 22.5 Å². The van der Waals surface area contributed by atoms with Crippen molar-refractivity contribution >= 4 is 23.3 Å². The van der Waals surface area contributed by atoms with E-state index < -0.39 is 11.0 Å². The zero-order valence-corrected chi connectivity index (χ0v) is 30.3. The molecule has 0 saturated carbocycles. The van der Waals surface area contributed by atoms with E-state index >= 15 is 0 Å². The van der Waals surface area contributed by atoms with E-state index in [2.05, 4.69) is 20.9 Å². The number of carbonyl (C=O) groups is 3. The molecule has 1 aliphatic rings. The summed E-state index contributed by atoms with van der Waals surface area (Å²) in [6.45, 7) is 15.3. The number of anilines is 1. The third kappa shape index (κ3) is 10.1. The van der Waals surface area contributed by atoms with Crippen LogP contribution in [0.4, 0.5) is 5.69 Å². The molecule has 4 rings (SSSR count). The SMILES string of the molecule is CNCCOCCn1nnc2c1-c1ccccc1N(C(=O)CCC(=O)NCCC(C)(C)OCCC(C)(C)C(=O)C(C)C)Cc1ccccc1-2. The smallest absolute Gasteiger partial charge is 0.227 e. The molecule has 266 valence electrons. The topological polar surface area (TPSA) is 128 Å². The van der Waals surface area contributed by atoms with Gasteiger partial charge in [0, 0.05) is 55.0 Å². The molecular weight excluding hydrogens is 620 g/mol. The number of hydrogen-bond donors (Lipinski definition) is 2. The number of fused-ring (bicyclic) bond motifs is 5. The molecule has 0 aliphatic carbocycles. The van der Waals surface area contributed by atoms with Gasteiger partial charge in [-0.3, -0.25) is 14.4 Å². The van der Waals surface area contributed by atoms with Crippen LogP contribution in [0, 0.1) is 11.3 Å². The average Bonchev–Trinajstić information content (AvgIpc) is 3.47. The van der Waals surface area contributed by atoms with Crippen molar-refractivity contribution in [1.29, 1.82) is 0 Å². The molecule has 2 N–H and O–H groups in total. The minimum Gasteiger partial charge on any atom is -0.378 e. The lowest BCUT2D eigenvalue weighted by Crippen LogP contribution is -2.36. The largest absolute Gasteiger partial charge is 0.378 e. The van der Waals surface area contributed by atoms with Gasteiger partial charge in [-0.1, -0.05) is 75.4 Å². The van der Waals surface area contributed by atoms with Crippen molar-refractivity contribution in [3.05, 3.63) is 54.1 Å². The van der Waals surface area contributed by atoms with E-state index in [9.17, 15) is 14.4 Å². The highest BCUT2D eigenvalue weighted by Gasteiger charge is 2.31. The summed E-state index contributed by atoms with van der Waals surface area (Å²) in [4.78, 5) is 41.1. The predicted octanol–water partition coefficient (Wildman–Crippen LogP) is 5.42. The van der Waals surface area contributed by atoms with E-state index in [0.717, 1.165) is 40.3 Å². The quantitative estimate of drug-likeness (QED) is 0.171. The van der Waals surface area contributed by atoms with Crippen molar-refractivity contribution in [2.24, 2.45) is 11.3 Å². The van der Waals surface area contributed by atoms with Gasteiger partial charge in [-0.05, 0) is 45.4 Å². The van der Waals surface area contributed by atoms with Crippen LogP contribution in [0.5, 0.6) is 0 Å². The van der Waals surface area contributed by atoms with Gasteiger partial charge < -0.3 is 25.0 Å². The van der Waals surface area contributed by atoms with Crippen LogP contribution in [-0.4, -0.2) is 78.2 Å². The molecule has 0 unspecified atom stereocenters. The van der Waals surface area contributed by atoms with Crippen molar-refractivity contribution in [2.75, 3.05) is 44.9 Å². The number of para-hydroxylation sites is 1. The van der Waals surface area contributed by atoms with Crippen LogP contribution in [0.3, 0.4) is 0 Å². The van der Waals surface area contributed by atoms with Crippen molar-refractivity contribution in [3.63, 3.8) is 0 Å². The normalized spacial score (nSPS) is 12.9. The van der Waals surface area contributed by atoms with E-state index in [0.29, 0.717) is 52.3 Å². The van der Waals surface area contributed by atoms with Crippen LogP contribution in [0.25, 0.3) is 22.5 Å².